The molecule has 0 aromatic heterocycles. The highest BCUT2D eigenvalue weighted by atomic mass is 19.2. The predicted molar refractivity (Wildman–Crippen MR) is 62.4 cm³/mol. The Kier molecular flexibility index (Phi) is 3.95. The normalized spacial score (nSPS) is 26.1. The van der Waals surface area contributed by atoms with E-state index in [1.165, 1.54) is 0 Å². The van der Waals surface area contributed by atoms with Crippen LogP contribution in [0, 0.1) is 29.3 Å². The summed E-state index contributed by atoms with van der Waals surface area (Å²) < 4.78 is 39.5. The fourth-order valence-corrected chi connectivity index (χ4v) is 2.62. The van der Waals surface area contributed by atoms with E-state index in [1.807, 2.05) is 0 Å². The third-order valence-corrected chi connectivity index (χ3v) is 3.87. The summed E-state index contributed by atoms with van der Waals surface area (Å²) in [5.41, 5.74) is -0.131. The van der Waals surface area contributed by atoms with Gasteiger partial charge in [-0.15, -0.1) is 0 Å². The van der Waals surface area contributed by atoms with Gasteiger partial charge in [-0.2, -0.15) is 0 Å². The maximum Gasteiger partial charge on any atom is 0.161 e. The van der Waals surface area contributed by atoms with Crippen LogP contribution in [0.3, 0.4) is 0 Å². The fourth-order valence-electron chi connectivity index (χ4n) is 2.62. The van der Waals surface area contributed by atoms with Gasteiger partial charge in [0.15, 0.2) is 11.6 Å². The highest BCUT2D eigenvalue weighted by Crippen LogP contribution is 2.37. The van der Waals surface area contributed by atoms with Crippen molar-refractivity contribution < 1.29 is 18.3 Å². The van der Waals surface area contributed by atoms with Crippen molar-refractivity contribution in [2.45, 2.75) is 38.7 Å². The second kappa shape index (κ2) is 5.31. The maximum atomic E-state index is 13.5. The standard InChI is InChI=1S/C14H17F3O/c1-8-2-4-9(5-3-8)14(18)10-6-12(16)13(17)7-11(10)15/h6-9,14,18H,2-5H2,1H3. The molecule has 0 spiro atoms. The molecule has 0 amide bonds. The lowest BCUT2D eigenvalue weighted by Crippen LogP contribution is -2.20. The van der Waals surface area contributed by atoms with E-state index in [9.17, 15) is 18.3 Å². The number of benzene rings is 1. The van der Waals surface area contributed by atoms with Gasteiger partial charge < -0.3 is 5.11 Å². The first-order valence-electron chi connectivity index (χ1n) is 6.31. The van der Waals surface area contributed by atoms with Crippen molar-refractivity contribution in [1.82, 2.24) is 0 Å². The second-order valence-electron chi connectivity index (χ2n) is 5.25. The Labute approximate surface area is 105 Å². The second-order valence-corrected chi connectivity index (χ2v) is 5.25. The highest BCUT2D eigenvalue weighted by molar-refractivity contribution is 5.23. The van der Waals surface area contributed by atoms with Crippen molar-refractivity contribution in [2.24, 2.45) is 11.8 Å². The molecule has 1 N–H and O–H groups in total. The Bertz CT molecular complexity index is 425. The molecule has 2 rings (SSSR count). The molecular weight excluding hydrogens is 241 g/mol. The number of halogens is 3. The molecule has 0 bridgehead atoms. The van der Waals surface area contributed by atoms with E-state index < -0.39 is 23.6 Å². The van der Waals surface area contributed by atoms with Gasteiger partial charge in [0, 0.05) is 11.6 Å². The summed E-state index contributed by atoms with van der Waals surface area (Å²) in [6.45, 7) is 2.14. The van der Waals surface area contributed by atoms with Crippen molar-refractivity contribution in [2.75, 3.05) is 0 Å². The topological polar surface area (TPSA) is 20.2 Å². The van der Waals surface area contributed by atoms with Crippen LogP contribution in [-0.4, -0.2) is 5.11 Å². The average molecular weight is 258 g/mol. The van der Waals surface area contributed by atoms with E-state index in [1.54, 1.807) is 0 Å². The minimum atomic E-state index is -1.22. The lowest BCUT2D eigenvalue weighted by atomic mass is 9.78. The molecule has 1 saturated carbocycles. The smallest absolute Gasteiger partial charge is 0.161 e. The Balaban J connectivity index is 2.18. The van der Waals surface area contributed by atoms with Gasteiger partial charge in [0.25, 0.3) is 0 Å². The van der Waals surface area contributed by atoms with Gasteiger partial charge in [-0.1, -0.05) is 19.8 Å². The number of rotatable bonds is 2. The molecule has 1 unspecified atom stereocenters. The van der Waals surface area contributed by atoms with E-state index in [0.717, 1.165) is 31.7 Å². The van der Waals surface area contributed by atoms with Gasteiger partial charge in [0.2, 0.25) is 0 Å². The first-order chi connectivity index (χ1) is 8.49. The maximum absolute atomic E-state index is 13.5. The lowest BCUT2D eigenvalue weighted by molar-refractivity contribution is 0.0721. The van der Waals surface area contributed by atoms with Crippen LogP contribution < -0.4 is 0 Å². The summed E-state index contributed by atoms with van der Waals surface area (Å²) in [7, 11) is 0. The molecule has 4 heteroatoms. The Morgan fingerprint density at radius 2 is 1.56 bits per heavy atom. The molecule has 0 heterocycles. The first kappa shape index (κ1) is 13.4. The Morgan fingerprint density at radius 1 is 1.00 bits per heavy atom. The zero-order valence-electron chi connectivity index (χ0n) is 10.3. The third kappa shape index (κ3) is 2.69. The largest absolute Gasteiger partial charge is 0.388 e. The third-order valence-electron chi connectivity index (χ3n) is 3.87. The molecule has 1 aliphatic rings. The molecule has 1 aromatic rings. The minimum Gasteiger partial charge on any atom is -0.388 e. The number of aliphatic hydroxyl groups excluding tert-OH is 1. The van der Waals surface area contributed by atoms with Crippen LogP contribution in [0.1, 0.15) is 44.3 Å². The summed E-state index contributed by atoms with van der Waals surface area (Å²) in [4.78, 5) is 0. The zero-order valence-corrected chi connectivity index (χ0v) is 10.3. The Hall–Kier alpha value is -1.03. The van der Waals surface area contributed by atoms with Gasteiger partial charge in [0.05, 0.1) is 6.10 Å². The molecule has 1 fully saturated rings. The van der Waals surface area contributed by atoms with Crippen LogP contribution in [0.25, 0.3) is 0 Å². The minimum absolute atomic E-state index is 0.0689. The van der Waals surface area contributed by atoms with Gasteiger partial charge in [-0.3, -0.25) is 0 Å². The summed E-state index contributed by atoms with van der Waals surface area (Å²) in [5.74, 6) is -2.67. The van der Waals surface area contributed by atoms with Crippen molar-refractivity contribution in [3.8, 4) is 0 Å². The molecule has 0 radical (unpaired) electrons. The highest BCUT2D eigenvalue weighted by Gasteiger charge is 2.28. The molecule has 100 valence electrons. The van der Waals surface area contributed by atoms with Gasteiger partial charge in [0.1, 0.15) is 5.82 Å². The monoisotopic (exact) mass is 258 g/mol. The summed E-state index contributed by atoms with van der Waals surface area (Å²) >= 11 is 0. The van der Waals surface area contributed by atoms with Crippen LogP contribution in [-0.2, 0) is 0 Å². The van der Waals surface area contributed by atoms with Crippen LogP contribution in [0.4, 0.5) is 13.2 Å². The van der Waals surface area contributed by atoms with E-state index in [0.29, 0.717) is 12.0 Å². The van der Waals surface area contributed by atoms with E-state index in [2.05, 4.69) is 6.92 Å². The first-order valence-corrected chi connectivity index (χ1v) is 6.31. The predicted octanol–water partition coefficient (Wildman–Crippen LogP) is 3.96. The van der Waals surface area contributed by atoms with E-state index in [-0.39, 0.29) is 11.5 Å². The molecule has 1 atom stereocenters. The fraction of sp³-hybridized carbons (Fsp3) is 0.571. The van der Waals surface area contributed by atoms with Crippen LogP contribution in [0.5, 0.6) is 0 Å². The Morgan fingerprint density at radius 3 is 2.17 bits per heavy atom. The van der Waals surface area contributed by atoms with Gasteiger partial charge in [-0.25, -0.2) is 13.2 Å². The van der Waals surface area contributed by atoms with E-state index in [4.69, 9.17) is 0 Å². The number of hydrogen-bond donors (Lipinski definition) is 1. The quantitative estimate of drug-likeness (QED) is 0.796. The van der Waals surface area contributed by atoms with Gasteiger partial charge >= 0.3 is 0 Å². The zero-order chi connectivity index (χ0) is 13.3. The summed E-state index contributed by atoms with van der Waals surface area (Å²) in [6, 6.07) is 1.27. The molecule has 18 heavy (non-hydrogen) atoms. The van der Waals surface area contributed by atoms with Crippen LogP contribution in [0.2, 0.25) is 0 Å². The van der Waals surface area contributed by atoms with Crippen LogP contribution in [0.15, 0.2) is 12.1 Å². The molecular formula is C14H17F3O. The summed E-state index contributed by atoms with van der Waals surface area (Å²) in [5, 5.41) is 10.1. The van der Waals surface area contributed by atoms with Gasteiger partial charge in [-0.05, 0) is 30.7 Å². The van der Waals surface area contributed by atoms with Crippen molar-refractivity contribution in [3.05, 3.63) is 35.1 Å². The molecule has 0 saturated heterocycles. The summed E-state index contributed by atoms with van der Waals surface area (Å²) in [6.07, 6.45) is 2.49. The number of hydrogen-bond acceptors (Lipinski definition) is 1. The van der Waals surface area contributed by atoms with Crippen LogP contribution >= 0.6 is 0 Å². The van der Waals surface area contributed by atoms with Crippen molar-refractivity contribution in [1.29, 1.82) is 0 Å². The number of aliphatic hydroxyl groups is 1. The van der Waals surface area contributed by atoms with Crippen molar-refractivity contribution >= 4 is 0 Å². The molecule has 1 nitrogen and oxygen atoms in total. The SMILES string of the molecule is CC1CCC(C(O)c2cc(F)c(F)cc2F)CC1. The van der Waals surface area contributed by atoms with E-state index >= 15 is 0 Å². The lowest BCUT2D eigenvalue weighted by Gasteiger charge is -2.30. The molecule has 1 aromatic carbocycles. The molecule has 0 aliphatic heterocycles. The van der Waals surface area contributed by atoms with Crippen molar-refractivity contribution in [3.63, 3.8) is 0 Å². The molecule has 1 aliphatic carbocycles. The average Bonchev–Trinajstić information content (AvgIpc) is 2.34.